The van der Waals surface area contributed by atoms with Crippen LogP contribution in [0.3, 0.4) is 0 Å². The molecule has 1 aromatic rings. The normalized spacial score (nSPS) is 20.6. The number of aryl methyl sites for hydroxylation is 1. The van der Waals surface area contributed by atoms with Gasteiger partial charge < -0.3 is 19.4 Å². The minimum atomic E-state index is -0.0988. The minimum absolute atomic E-state index is 0.0786. The molecule has 1 fully saturated rings. The molecule has 1 saturated heterocycles. The molecule has 94 valence electrons. The second kappa shape index (κ2) is 5.33. The first-order chi connectivity index (χ1) is 8.22. The van der Waals surface area contributed by atoms with Crippen molar-refractivity contribution in [3.05, 3.63) is 23.7 Å². The Bertz CT molecular complexity index is 389. The van der Waals surface area contributed by atoms with Gasteiger partial charge in [0.15, 0.2) is 0 Å². The van der Waals surface area contributed by atoms with Crippen molar-refractivity contribution in [2.75, 3.05) is 33.4 Å². The fraction of sp³-hybridized carbons (Fsp3) is 0.583. The summed E-state index contributed by atoms with van der Waals surface area (Å²) in [5.74, 6) is 1.73. The summed E-state index contributed by atoms with van der Waals surface area (Å²) in [5, 5.41) is 2.88. The van der Waals surface area contributed by atoms with Crippen molar-refractivity contribution < 1.29 is 13.9 Å². The molecule has 1 aliphatic heterocycles. The molecule has 1 amide bonds. The number of nitrogens with zero attached hydrogens (tertiary/aromatic N) is 1. The molecule has 5 nitrogen and oxygen atoms in total. The van der Waals surface area contributed by atoms with Gasteiger partial charge in [-0.2, -0.15) is 0 Å². The van der Waals surface area contributed by atoms with Crippen molar-refractivity contribution in [3.8, 4) is 0 Å². The summed E-state index contributed by atoms with van der Waals surface area (Å²) in [6.45, 7) is 3.95. The number of hydrogen-bond donors (Lipinski definition) is 1. The Hall–Kier alpha value is -1.33. The number of morpholine rings is 1. The van der Waals surface area contributed by atoms with Gasteiger partial charge in [0, 0.05) is 6.54 Å². The first-order valence-electron chi connectivity index (χ1n) is 5.80. The number of nitrogens with one attached hydrogen (secondary N) is 1. The molecule has 0 aromatic carbocycles. The second-order valence-corrected chi connectivity index (χ2v) is 4.16. The Labute approximate surface area is 101 Å². The number of rotatable bonds is 3. The SMILES string of the molecule is CNCC(=O)N1CCOCC1c1ccc(C)o1. The molecular formula is C12H18N2O3. The Morgan fingerprint density at radius 2 is 2.41 bits per heavy atom. The molecule has 2 heterocycles. The van der Waals surface area contributed by atoms with Crippen LogP contribution in [-0.2, 0) is 9.53 Å². The number of furan rings is 1. The Kier molecular flexibility index (Phi) is 3.81. The van der Waals surface area contributed by atoms with Crippen LogP contribution in [0.15, 0.2) is 16.5 Å². The van der Waals surface area contributed by atoms with Gasteiger partial charge in [-0.05, 0) is 26.1 Å². The maximum absolute atomic E-state index is 12.0. The van der Waals surface area contributed by atoms with Crippen LogP contribution in [0.4, 0.5) is 0 Å². The summed E-state index contributed by atoms with van der Waals surface area (Å²) >= 11 is 0. The smallest absolute Gasteiger partial charge is 0.237 e. The van der Waals surface area contributed by atoms with E-state index in [1.165, 1.54) is 0 Å². The van der Waals surface area contributed by atoms with Gasteiger partial charge in [-0.3, -0.25) is 4.79 Å². The minimum Gasteiger partial charge on any atom is -0.464 e. The third-order valence-electron chi connectivity index (χ3n) is 2.87. The van der Waals surface area contributed by atoms with Gasteiger partial charge in [-0.15, -0.1) is 0 Å². The zero-order chi connectivity index (χ0) is 12.3. The van der Waals surface area contributed by atoms with E-state index in [9.17, 15) is 4.79 Å². The van der Waals surface area contributed by atoms with Gasteiger partial charge in [0.2, 0.25) is 5.91 Å². The Morgan fingerprint density at radius 1 is 1.59 bits per heavy atom. The van der Waals surface area contributed by atoms with Crippen LogP contribution in [-0.4, -0.2) is 44.2 Å². The molecule has 1 atom stereocenters. The monoisotopic (exact) mass is 238 g/mol. The molecule has 1 aromatic heterocycles. The summed E-state index contributed by atoms with van der Waals surface area (Å²) < 4.78 is 11.0. The number of ether oxygens (including phenoxy) is 1. The molecule has 1 unspecified atom stereocenters. The summed E-state index contributed by atoms with van der Waals surface area (Å²) in [4.78, 5) is 13.8. The fourth-order valence-corrected chi connectivity index (χ4v) is 2.02. The van der Waals surface area contributed by atoms with Gasteiger partial charge in [-0.25, -0.2) is 0 Å². The number of carbonyl (C=O) groups excluding carboxylic acids is 1. The third-order valence-corrected chi connectivity index (χ3v) is 2.87. The predicted octanol–water partition coefficient (Wildman–Crippen LogP) is 0.707. The Balaban J connectivity index is 2.14. The first kappa shape index (κ1) is 12.1. The van der Waals surface area contributed by atoms with Crippen molar-refractivity contribution in [3.63, 3.8) is 0 Å². The highest BCUT2D eigenvalue weighted by molar-refractivity contribution is 5.78. The maximum atomic E-state index is 12.0. The summed E-state index contributed by atoms with van der Waals surface area (Å²) in [7, 11) is 1.77. The van der Waals surface area contributed by atoms with Crippen LogP contribution in [0, 0.1) is 6.92 Å². The lowest BCUT2D eigenvalue weighted by atomic mass is 10.1. The van der Waals surface area contributed by atoms with E-state index < -0.39 is 0 Å². The molecule has 0 aliphatic carbocycles. The molecule has 17 heavy (non-hydrogen) atoms. The largest absolute Gasteiger partial charge is 0.464 e. The van der Waals surface area contributed by atoms with Crippen LogP contribution in [0.1, 0.15) is 17.6 Å². The van der Waals surface area contributed by atoms with Gasteiger partial charge in [0.1, 0.15) is 17.6 Å². The zero-order valence-corrected chi connectivity index (χ0v) is 10.2. The molecule has 0 radical (unpaired) electrons. The van der Waals surface area contributed by atoms with E-state index in [0.717, 1.165) is 11.5 Å². The van der Waals surface area contributed by atoms with E-state index in [1.807, 2.05) is 24.0 Å². The number of amides is 1. The van der Waals surface area contributed by atoms with Crippen molar-refractivity contribution in [1.82, 2.24) is 10.2 Å². The molecule has 0 bridgehead atoms. The van der Waals surface area contributed by atoms with Crippen LogP contribution in [0.2, 0.25) is 0 Å². The highest BCUT2D eigenvalue weighted by Crippen LogP contribution is 2.25. The lowest BCUT2D eigenvalue weighted by Gasteiger charge is -2.34. The Morgan fingerprint density at radius 3 is 3.06 bits per heavy atom. The predicted molar refractivity (Wildman–Crippen MR) is 62.6 cm³/mol. The number of likely N-dealkylation sites (N-methyl/N-ethyl adjacent to an activating group) is 1. The van der Waals surface area contributed by atoms with E-state index in [2.05, 4.69) is 5.32 Å². The number of hydrogen-bond acceptors (Lipinski definition) is 4. The van der Waals surface area contributed by atoms with E-state index in [-0.39, 0.29) is 11.9 Å². The zero-order valence-electron chi connectivity index (χ0n) is 10.2. The van der Waals surface area contributed by atoms with Gasteiger partial charge in [0.05, 0.1) is 19.8 Å². The summed E-state index contributed by atoms with van der Waals surface area (Å²) in [6.07, 6.45) is 0. The summed E-state index contributed by atoms with van der Waals surface area (Å²) in [5.41, 5.74) is 0. The quantitative estimate of drug-likeness (QED) is 0.842. The van der Waals surface area contributed by atoms with Crippen molar-refractivity contribution in [2.24, 2.45) is 0 Å². The van der Waals surface area contributed by atoms with Gasteiger partial charge in [0.25, 0.3) is 0 Å². The van der Waals surface area contributed by atoms with Crippen LogP contribution < -0.4 is 5.32 Å². The van der Waals surface area contributed by atoms with Crippen LogP contribution >= 0.6 is 0 Å². The average molecular weight is 238 g/mol. The van der Waals surface area contributed by atoms with Crippen LogP contribution in [0.25, 0.3) is 0 Å². The molecule has 5 heteroatoms. The topological polar surface area (TPSA) is 54.7 Å². The second-order valence-electron chi connectivity index (χ2n) is 4.16. The molecule has 2 rings (SSSR count). The third kappa shape index (κ3) is 2.68. The number of carbonyl (C=O) groups is 1. The van der Waals surface area contributed by atoms with Gasteiger partial charge in [-0.1, -0.05) is 0 Å². The molecule has 1 N–H and O–H groups in total. The van der Waals surface area contributed by atoms with Crippen molar-refractivity contribution in [2.45, 2.75) is 13.0 Å². The fourth-order valence-electron chi connectivity index (χ4n) is 2.02. The van der Waals surface area contributed by atoms with E-state index in [4.69, 9.17) is 9.15 Å². The van der Waals surface area contributed by atoms with E-state index >= 15 is 0 Å². The van der Waals surface area contributed by atoms with Crippen LogP contribution in [0.5, 0.6) is 0 Å². The van der Waals surface area contributed by atoms with Crippen molar-refractivity contribution in [1.29, 1.82) is 0 Å². The molecule has 0 spiro atoms. The van der Waals surface area contributed by atoms with E-state index in [0.29, 0.717) is 26.3 Å². The van der Waals surface area contributed by atoms with Gasteiger partial charge >= 0.3 is 0 Å². The maximum Gasteiger partial charge on any atom is 0.237 e. The molecular weight excluding hydrogens is 220 g/mol. The molecule has 1 aliphatic rings. The lowest BCUT2D eigenvalue weighted by Crippen LogP contribution is -2.46. The van der Waals surface area contributed by atoms with E-state index in [1.54, 1.807) is 7.05 Å². The lowest BCUT2D eigenvalue weighted by molar-refractivity contribution is -0.139. The standard InChI is InChI=1S/C12H18N2O3/c1-9-3-4-11(17-9)10-8-16-6-5-14(10)12(15)7-13-2/h3-4,10,13H,5-8H2,1-2H3. The average Bonchev–Trinajstić information content (AvgIpc) is 2.76. The highest BCUT2D eigenvalue weighted by atomic mass is 16.5. The van der Waals surface area contributed by atoms with Crippen molar-refractivity contribution >= 4 is 5.91 Å². The summed E-state index contributed by atoms with van der Waals surface area (Å²) in [6, 6.07) is 3.72. The molecule has 0 saturated carbocycles. The first-order valence-corrected chi connectivity index (χ1v) is 5.80. The highest BCUT2D eigenvalue weighted by Gasteiger charge is 2.30.